The highest BCUT2D eigenvalue weighted by Gasteiger charge is 2.10. The molecule has 108 valence electrons. The van der Waals surface area contributed by atoms with Gasteiger partial charge in [0.25, 0.3) is 0 Å². The van der Waals surface area contributed by atoms with Gasteiger partial charge in [0.2, 0.25) is 0 Å². The smallest absolute Gasteiger partial charge is 0.196 e. The zero-order valence-electron chi connectivity index (χ0n) is 11.0. The maximum atomic E-state index is 9.29. The van der Waals surface area contributed by atoms with Gasteiger partial charge >= 0.3 is 0 Å². The number of nitrogens with one attached hydrogen (secondary N) is 1. The molecule has 0 atom stereocenters. The minimum atomic E-state index is 0.192. The second-order valence-electron chi connectivity index (χ2n) is 4.29. The van der Waals surface area contributed by atoms with Gasteiger partial charge in [-0.25, -0.2) is 4.98 Å². The number of anilines is 1. The highest BCUT2D eigenvalue weighted by atomic mass is 35.5. The van der Waals surface area contributed by atoms with E-state index in [9.17, 15) is 5.26 Å². The Morgan fingerprint density at radius 3 is 2.82 bits per heavy atom. The molecular weight excluding hydrogens is 339 g/mol. The van der Waals surface area contributed by atoms with Crippen LogP contribution in [-0.4, -0.2) is 10.7 Å². The third-order valence-corrected chi connectivity index (χ3v) is 4.43. The number of para-hydroxylation sites is 1. The molecule has 7 heteroatoms. The Morgan fingerprint density at radius 1 is 1.23 bits per heavy atom. The largest absolute Gasteiger partial charge is 0.276 e. The van der Waals surface area contributed by atoms with E-state index in [0.717, 1.165) is 10.2 Å². The van der Waals surface area contributed by atoms with Crippen molar-refractivity contribution in [1.29, 1.82) is 5.26 Å². The van der Waals surface area contributed by atoms with Crippen molar-refractivity contribution in [2.45, 2.75) is 0 Å². The first-order valence-corrected chi connectivity index (χ1v) is 7.79. The Labute approximate surface area is 140 Å². The summed E-state index contributed by atoms with van der Waals surface area (Å²) in [5.74, 6) is 0. The molecular formula is C15H8Cl2N4S. The number of hydrazone groups is 1. The number of hydrogen-bond donors (Lipinski definition) is 1. The fraction of sp³-hybridized carbons (Fsp3) is 0. The molecule has 4 nitrogen and oxygen atoms in total. The average Bonchev–Trinajstić information content (AvgIpc) is 2.95. The minimum absolute atomic E-state index is 0.192. The van der Waals surface area contributed by atoms with Crippen molar-refractivity contribution in [3.63, 3.8) is 0 Å². The molecule has 2 aromatic carbocycles. The summed E-state index contributed by atoms with van der Waals surface area (Å²) in [6.07, 6.45) is 0. The zero-order chi connectivity index (χ0) is 15.5. The van der Waals surface area contributed by atoms with Crippen molar-refractivity contribution in [2.75, 3.05) is 5.43 Å². The molecule has 0 radical (unpaired) electrons. The fourth-order valence-corrected chi connectivity index (χ4v) is 3.03. The van der Waals surface area contributed by atoms with Crippen molar-refractivity contribution in [3.05, 3.63) is 57.5 Å². The van der Waals surface area contributed by atoms with Gasteiger partial charge in [-0.15, -0.1) is 11.3 Å². The number of hydrogen-bond acceptors (Lipinski definition) is 5. The van der Waals surface area contributed by atoms with Crippen LogP contribution < -0.4 is 5.43 Å². The van der Waals surface area contributed by atoms with Crippen molar-refractivity contribution >= 4 is 56.2 Å². The Balaban J connectivity index is 1.93. The first-order valence-electron chi connectivity index (χ1n) is 6.22. The summed E-state index contributed by atoms with van der Waals surface area (Å²) in [4.78, 5) is 4.40. The second kappa shape index (κ2) is 6.32. The molecule has 0 unspecified atom stereocenters. The average molecular weight is 347 g/mol. The topological polar surface area (TPSA) is 61.1 Å². The summed E-state index contributed by atoms with van der Waals surface area (Å²) >= 11 is 13.4. The van der Waals surface area contributed by atoms with Crippen LogP contribution in [0.25, 0.3) is 10.2 Å². The highest BCUT2D eigenvalue weighted by Crippen LogP contribution is 2.26. The quantitative estimate of drug-likeness (QED) is 0.539. The summed E-state index contributed by atoms with van der Waals surface area (Å²) in [5, 5.41) is 14.9. The van der Waals surface area contributed by atoms with Gasteiger partial charge in [0.15, 0.2) is 10.7 Å². The molecule has 0 bridgehead atoms. The van der Waals surface area contributed by atoms with E-state index in [1.807, 2.05) is 30.3 Å². The Hall–Kier alpha value is -2.13. The van der Waals surface area contributed by atoms with Gasteiger partial charge in [-0.3, -0.25) is 5.43 Å². The number of fused-ring (bicyclic) bond motifs is 1. The van der Waals surface area contributed by atoms with E-state index in [2.05, 4.69) is 15.5 Å². The van der Waals surface area contributed by atoms with Gasteiger partial charge in [-0.05, 0) is 30.3 Å². The van der Waals surface area contributed by atoms with Gasteiger partial charge in [0.05, 0.1) is 20.9 Å². The monoisotopic (exact) mass is 346 g/mol. The number of nitriles is 1. The van der Waals surface area contributed by atoms with Crippen molar-refractivity contribution < 1.29 is 0 Å². The SMILES string of the molecule is N#C/C(=N/Nc1cc(Cl)ccc1Cl)c1nc2ccccc2s1. The van der Waals surface area contributed by atoms with Crippen LogP contribution in [-0.2, 0) is 0 Å². The van der Waals surface area contributed by atoms with Crippen LogP contribution >= 0.6 is 34.5 Å². The number of nitrogens with zero attached hydrogens (tertiary/aromatic N) is 3. The third-order valence-electron chi connectivity index (χ3n) is 2.82. The van der Waals surface area contributed by atoms with E-state index in [0.29, 0.717) is 20.7 Å². The molecule has 1 heterocycles. The first kappa shape index (κ1) is 14.8. The maximum absolute atomic E-state index is 9.29. The molecule has 0 aliphatic carbocycles. The van der Waals surface area contributed by atoms with Gasteiger partial charge in [0, 0.05) is 5.02 Å². The van der Waals surface area contributed by atoms with E-state index in [4.69, 9.17) is 23.2 Å². The van der Waals surface area contributed by atoms with E-state index in [1.54, 1.807) is 18.2 Å². The molecule has 0 aliphatic rings. The van der Waals surface area contributed by atoms with Crippen LogP contribution in [0.2, 0.25) is 10.0 Å². The Kier molecular flexibility index (Phi) is 4.25. The normalized spacial score (nSPS) is 11.4. The predicted molar refractivity (Wildman–Crippen MR) is 91.9 cm³/mol. The highest BCUT2D eigenvalue weighted by molar-refractivity contribution is 7.20. The zero-order valence-corrected chi connectivity index (χ0v) is 13.4. The number of rotatable bonds is 3. The van der Waals surface area contributed by atoms with Crippen molar-refractivity contribution in [1.82, 2.24) is 4.98 Å². The third kappa shape index (κ3) is 3.04. The van der Waals surface area contributed by atoms with E-state index in [-0.39, 0.29) is 5.71 Å². The van der Waals surface area contributed by atoms with E-state index in [1.165, 1.54) is 11.3 Å². The predicted octanol–water partition coefficient (Wildman–Crippen LogP) is 4.94. The maximum Gasteiger partial charge on any atom is 0.196 e. The molecule has 0 amide bonds. The van der Waals surface area contributed by atoms with Crippen LogP contribution in [0.5, 0.6) is 0 Å². The summed E-state index contributed by atoms with van der Waals surface area (Å²) in [5.41, 5.74) is 4.32. The lowest BCUT2D eigenvalue weighted by molar-refractivity contribution is 1.32. The minimum Gasteiger partial charge on any atom is -0.276 e. The summed E-state index contributed by atoms with van der Waals surface area (Å²) in [6, 6.07) is 14.7. The van der Waals surface area contributed by atoms with Gasteiger partial charge < -0.3 is 0 Å². The number of aromatic nitrogens is 1. The standard InChI is InChI=1S/C15H8Cl2N4S/c16-9-5-6-10(17)12(7-9)20-21-13(8-18)15-19-11-3-1-2-4-14(11)22-15/h1-7,20H/b21-13-. The lowest BCUT2D eigenvalue weighted by Crippen LogP contribution is -2.01. The molecule has 3 rings (SSSR count). The molecule has 0 saturated heterocycles. The first-order chi connectivity index (χ1) is 10.7. The molecule has 0 fully saturated rings. The molecule has 3 aromatic rings. The van der Waals surface area contributed by atoms with Crippen molar-refractivity contribution in [3.8, 4) is 6.07 Å². The molecule has 22 heavy (non-hydrogen) atoms. The van der Waals surface area contributed by atoms with Crippen LogP contribution in [0.3, 0.4) is 0 Å². The second-order valence-corrected chi connectivity index (χ2v) is 6.17. The van der Waals surface area contributed by atoms with Crippen LogP contribution in [0.1, 0.15) is 5.01 Å². The van der Waals surface area contributed by atoms with Crippen LogP contribution in [0.4, 0.5) is 5.69 Å². The Morgan fingerprint density at radius 2 is 2.05 bits per heavy atom. The molecule has 1 N–H and O–H groups in total. The van der Waals surface area contributed by atoms with Crippen LogP contribution in [0.15, 0.2) is 47.6 Å². The fourth-order valence-electron chi connectivity index (χ4n) is 1.79. The van der Waals surface area contributed by atoms with E-state index < -0.39 is 0 Å². The summed E-state index contributed by atoms with van der Waals surface area (Å²) < 4.78 is 1.00. The van der Waals surface area contributed by atoms with Crippen LogP contribution in [0, 0.1) is 11.3 Å². The summed E-state index contributed by atoms with van der Waals surface area (Å²) in [6.45, 7) is 0. The van der Waals surface area contributed by atoms with Gasteiger partial charge in [-0.1, -0.05) is 35.3 Å². The van der Waals surface area contributed by atoms with Gasteiger partial charge in [-0.2, -0.15) is 10.4 Å². The Bertz CT molecular complexity index is 878. The molecule has 0 aliphatic heterocycles. The number of halogens is 2. The number of benzene rings is 2. The van der Waals surface area contributed by atoms with Gasteiger partial charge in [0.1, 0.15) is 6.07 Å². The molecule has 0 saturated carbocycles. The number of thiazole rings is 1. The summed E-state index contributed by atoms with van der Waals surface area (Å²) in [7, 11) is 0. The lowest BCUT2D eigenvalue weighted by Gasteiger charge is -2.03. The van der Waals surface area contributed by atoms with Crippen molar-refractivity contribution in [2.24, 2.45) is 5.10 Å². The molecule has 0 spiro atoms. The van der Waals surface area contributed by atoms with E-state index >= 15 is 0 Å². The lowest BCUT2D eigenvalue weighted by atomic mass is 10.3. The molecule has 1 aromatic heterocycles.